The highest BCUT2D eigenvalue weighted by Gasteiger charge is 2.14. The molecule has 0 saturated heterocycles. The molecule has 2 aromatic rings. The molecule has 0 fully saturated rings. The van der Waals surface area contributed by atoms with Crippen molar-refractivity contribution in [3.63, 3.8) is 0 Å². The molecule has 0 aliphatic carbocycles. The molecule has 88 valence electrons. The van der Waals surface area contributed by atoms with Gasteiger partial charge in [0.2, 0.25) is 0 Å². The zero-order chi connectivity index (χ0) is 12.3. The molecule has 0 aliphatic rings. The van der Waals surface area contributed by atoms with Gasteiger partial charge in [0.15, 0.2) is 0 Å². The van der Waals surface area contributed by atoms with Gasteiger partial charge in [0.05, 0.1) is 12.1 Å². The van der Waals surface area contributed by atoms with Crippen LogP contribution >= 0.6 is 0 Å². The third-order valence-corrected chi connectivity index (χ3v) is 2.38. The van der Waals surface area contributed by atoms with Gasteiger partial charge >= 0.3 is 5.97 Å². The third kappa shape index (κ3) is 2.50. The number of carbonyl (C=O) groups is 1. The van der Waals surface area contributed by atoms with Crippen LogP contribution in [0.2, 0.25) is 0 Å². The lowest BCUT2D eigenvalue weighted by Crippen LogP contribution is -1.99. The van der Waals surface area contributed by atoms with Crippen LogP contribution in [0.1, 0.15) is 12.1 Å². The number of carboxylic acid groups (broad SMARTS) is 1. The molecule has 0 radical (unpaired) electrons. The molecule has 1 aromatic carbocycles. The van der Waals surface area contributed by atoms with Gasteiger partial charge in [-0.25, -0.2) is 4.39 Å². The monoisotopic (exact) mass is 235 g/mol. The molecule has 4 nitrogen and oxygen atoms in total. The van der Waals surface area contributed by atoms with E-state index >= 15 is 0 Å². The van der Waals surface area contributed by atoms with Crippen LogP contribution in [0.25, 0.3) is 11.1 Å². The van der Waals surface area contributed by atoms with Gasteiger partial charge in [-0.15, -0.1) is 0 Å². The van der Waals surface area contributed by atoms with Crippen LogP contribution in [-0.4, -0.2) is 16.2 Å². The van der Waals surface area contributed by atoms with Crippen LogP contribution in [0, 0.1) is 5.82 Å². The minimum absolute atomic E-state index is 0.0615. The van der Waals surface area contributed by atoms with E-state index in [-0.39, 0.29) is 18.7 Å². The molecule has 0 bridgehead atoms. The average molecular weight is 235 g/mol. The summed E-state index contributed by atoms with van der Waals surface area (Å²) in [5, 5.41) is 12.3. The average Bonchev–Trinajstić information content (AvgIpc) is 2.75. The number of aromatic nitrogens is 1. The van der Waals surface area contributed by atoms with Gasteiger partial charge in [0, 0.05) is 17.5 Å². The van der Waals surface area contributed by atoms with Crippen LogP contribution in [0.4, 0.5) is 4.39 Å². The smallest absolute Gasteiger partial charge is 0.303 e. The Bertz CT molecular complexity index is 536. The van der Waals surface area contributed by atoms with Crippen molar-refractivity contribution in [1.29, 1.82) is 0 Å². The van der Waals surface area contributed by atoms with E-state index in [0.29, 0.717) is 16.8 Å². The van der Waals surface area contributed by atoms with Crippen LogP contribution in [0.5, 0.6) is 0 Å². The second-order valence-electron chi connectivity index (χ2n) is 3.55. The van der Waals surface area contributed by atoms with E-state index in [1.54, 1.807) is 18.2 Å². The highest BCUT2D eigenvalue weighted by Crippen LogP contribution is 2.26. The van der Waals surface area contributed by atoms with E-state index in [9.17, 15) is 9.18 Å². The molecular weight excluding hydrogens is 225 g/mol. The van der Waals surface area contributed by atoms with E-state index in [4.69, 9.17) is 9.63 Å². The summed E-state index contributed by atoms with van der Waals surface area (Å²) >= 11 is 0. The number of benzene rings is 1. The Morgan fingerprint density at radius 3 is 2.82 bits per heavy atom. The summed E-state index contributed by atoms with van der Waals surface area (Å²) in [5.41, 5.74) is 1.33. The van der Waals surface area contributed by atoms with E-state index < -0.39 is 5.97 Å². The van der Waals surface area contributed by atoms with Gasteiger partial charge in [-0.1, -0.05) is 23.4 Å². The van der Waals surface area contributed by atoms with Crippen molar-refractivity contribution in [3.8, 4) is 11.1 Å². The Labute approximate surface area is 96.7 Å². The van der Waals surface area contributed by atoms with Crippen molar-refractivity contribution in [1.82, 2.24) is 5.16 Å². The van der Waals surface area contributed by atoms with Crippen molar-refractivity contribution in [2.75, 3.05) is 0 Å². The lowest BCUT2D eigenvalue weighted by Gasteiger charge is -2.01. The summed E-state index contributed by atoms with van der Waals surface area (Å²) < 4.78 is 18.3. The highest BCUT2D eigenvalue weighted by atomic mass is 19.1. The predicted molar refractivity (Wildman–Crippen MR) is 57.9 cm³/mol. The van der Waals surface area contributed by atoms with Crippen LogP contribution in [-0.2, 0) is 11.2 Å². The van der Waals surface area contributed by atoms with Gasteiger partial charge in [0.1, 0.15) is 12.1 Å². The fourth-order valence-electron chi connectivity index (χ4n) is 1.56. The van der Waals surface area contributed by atoms with Crippen molar-refractivity contribution < 1.29 is 18.8 Å². The molecule has 0 unspecified atom stereocenters. The Kier molecular flexibility index (Phi) is 3.18. The summed E-state index contributed by atoms with van der Waals surface area (Å²) in [6.07, 6.45) is 1.49. The molecule has 1 aromatic heterocycles. The van der Waals surface area contributed by atoms with Crippen molar-refractivity contribution >= 4 is 5.97 Å². The van der Waals surface area contributed by atoms with Gasteiger partial charge < -0.3 is 9.63 Å². The summed E-state index contributed by atoms with van der Waals surface area (Å²) in [6.45, 7) is 0. The first-order valence-electron chi connectivity index (χ1n) is 5.08. The molecule has 0 saturated carbocycles. The Hall–Kier alpha value is -2.17. The normalized spacial score (nSPS) is 10.4. The fourth-order valence-corrected chi connectivity index (χ4v) is 1.56. The van der Waals surface area contributed by atoms with Crippen molar-refractivity contribution in [2.24, 2.45) is 0 Å². The number of hydrogen-bond acceptors (Lipinski definition) is 3. The lowest BCUT2D eigenvalue weighted by atomic mass is 10.0. The van der Waals surface area contributed by atoms with Gasteiger partial charge in [-0.05, 0) is 6.07 Å². The number of halogens is 1. The summed E-state index contributed by atoms with van der Waals surface area (Å²) in [6, 6.07) is 6.23. The molecule has 1 N–H and O–H groups in total. The largest absolute Gasteiger partial charge is 0.481 e. The lowest BCUT2D eigenvalue weighted by molar-refractivity contribution is -0.136. The molecule has 0 spiro atoms. The topological polar surface area (TPSA) is 63.3 Å². The molecular formula is C12H10FNO3. The summed E-state index contributed by atoms with van der Waals surface area (Å²) in [5.74, 6) is -1.31. The number of rotatable bonds is 4. The first kappa shape index (κ1) is 11.3. The zero-order valence-corrected chi connectivity index (χ0v) is 8.89. The van der Waals surface area contributed by atoms with Crippen LogP contribution < -0.4 is 0 Å². The maximum atomic E-state index is 13.5. The predicted octanol–water partition coefficient (Wildman–Crippen LogP) is 2.50. The highest BCUT2D eigenvalue weighted by molar-refractivity contribution is 5.69. The number of aryl methyl sites for hydroxylation is 1. The Balaban J connectivity index is 2.31. The number of aliphatic carboxylic acids is 1. The van der Waals surface area contributed by atoms with Crippen LogP contribution in [0.15, 0.2) is 35.1 Å². The first-order valence-corrected chi connectivity index (χ1v) is 5.08. The van der Waals surface area contributed by atoms with Crippen LogP contribution in [0.3, 0.4) is 0 Å². The summed E-state index contributed by atoms with van der Waals surface area (Å²) in [7, 11) is 0. The number of carboxylic acids is 1. The standard InChI is InChI=1S/C12H10FNO3/c13-10-4-2-1-3-8(10)9-7-17-14-11(9)5-6-12(15)16/h1-4,7H,5-6H2,(H,15,16). The van der Waals surface area contributed by atoms with E-state index in [1.807, 2.05) is 0 Å². The third-order valence-electron chi connectivity index (χ3n) is 2.38. The minimum atomic E-state index is -0.924. The van der Waals surface area contributed by atoms with Crippen molar-refractivity contribution in [3.05, 3.63) is 42.0 Å². The second-order valence-corrected chi connectivity index (χ2v) is 3.55. The van der Waals surface area contributed by atoms with Gasteiger partial charge in [-0.3, -0.25) is 4.79 Å². The number of hydrogen-bond donors (Lipinski definition) is 1. The maximum Gasteiger partial charge on any atom is 0.303 e. The summed E-state index contributed by atoms with van der Waals surface area (Å²) in [4.78, 5) is 10.5. The second kappa shape index (κ2) is 4.78. The maximum absolute atomic E-state index is 13.5. The van der Waals surface area contributed by atoms with Gasteiger partial charge in [-0.2, -0.15) is 0 Å². The molecule has 2 rings (SSSR count). The molecule has 5 heteroatoms. The quantitative estimate of drug-likeness (QED) is 0.884. The molecule has 0 aliphatic heterocycles. The Morgan fingerprint density at radius 2 is 2.12 bits per heavy atom. The van der Waals surface area contributed by atoms with Crippen molar-refractivity contribution in [2.45, 2.75) is 12.8 Å². The SMILES string of the molecule is O=C(O)CCc1nocc1-c1ccccc1F. The van der Waals surface area contributed by atoms with E-state index in [0.717, 1.165) is 0 Å². The minimum Gasteiger partial charge on any atom is -0.481 e. The zero-order valence-electron chi connectivity index (χ0n) is 8.89. The van der Waals surface area contributed by atoms with E-state index in [1.165, 1.54) is 12.3 Å². The molecule has 1 heterocycles. The number of nitrogens with zero attached hydrogens (tertiary/aromatic N) is 1. The van der Waals surface area contributed by atoms with E-state index in [2.05, 4.69) is 5.16 Å². The van der Waals surface area contributed by atoms with Gasteiger partial charge in [0.25, 0.3) is 0 Å². The molecule has 17 heavy (non-hydrogen) atoms. The first-order chi connectivity index (χ1) is 8.18. The molecule has 0 amide bonds. The Morgan fingerprint density at radius 1 is 1.35 bits per heavy atom. The molecule has 0 atom stereocenters. The fraction of sp³-hybridized carbons (Fsp3) is 0.167.